The van der Waals surface area contributed by atoms with Crippen molar-refractivity contribution in [2.75, 3.05) is 6.54 Å². The van der Waals surface area contributed by atoms with Gasteiger partial charge >= 0.3 is 6.18 Å². The average molecular weight is 207 g/mol. The smallest absolute Gasteiger partial charge is 0.336 e. The Morgan fingerprint density at radius 1 is 1.57 bits per heavy atom. The Bertz CT molecular complexity index is 292. The van der Waals surface area contributed by atoms with Crippen LogP contribution in [0.2, 0.25) is 0 Å². The summed E-state index contributed by atoms with van der Waals surface area (Å²) in [4.78, 5) is 3.66. The van der Waals surface area contributed by atoms with Gasteiger partial charge in [-0.15, -0.1) is 0 Å². The van der Waals surface area contributed by atoms with E-state index in [2.05, 4.69) is 10.3 Å². The van der Waals surface area contributed by atoms with E-state index in [-0.39, 0.29) is 12.2 Å². The first-order valence-electron chi connectivity index (χ1n) is 4.23. The second-order valence-electron chi connectivity index (χ2n) is 2.96. The zero-order valence-electron chi connectivity index (χ0n) is 7.97. The number of nitrogens with zero attached hydrogens (tertiary/aromatic N) is 2. The van der Waals surface area contributed by atoms with Crippen molar-refractivity contribution in [1.82, 2.24) is 14.9 Å². The summed E-state index contributed by atoms with van der Waals surface area (Å²) in [5.41, 5.74) is 0.124. The van der Waals surface area contributed by atoms with Gasteiger partial charge in [-0.1, -0.05) is 6.92 Å². The molecular formula is C8H12F3N3. The van der Waals surface area contributed by atoms with Crippen LogP contribution in [0.5, 0.6) is 0 Å². The quantitative estimate of drug-likeness (QED) is 0.816. The molecule has 3 nitrogen and oxygen atoms in total. The minimum Gasteiger partial charge on any atom is -0.336 e. The Balaban J connectivity index is 2.95. The lowest BCUT2D eigenvalue weighted by Gasteiger charge is -2.21. The second-order valence-corrected chi connectivity index (χ2v) is 2.96. The molecule has 6 heteroatoms. The molecule has 1 heterocycles. The second kappa shape index (κ2) is 4.00. The first kappa shape index (κ1) is 11.0. The average Bonchev–Trinajstić information content (AvgIpc) is 2.45. The molecule has 1 rings (SSSR count). The summed E-state index contributed by atoms with van der Waals surface area (Å²) in [6.07, 6.45) is -1.71. The molecule has 0 amide bonds. The lowest BCUT2D eigenvalue weighted by Crippen LogP contribution is -2.35. The summed E-state index contributed by atoms with van der Waals surface area (Å²) in [6.45, 7) is 1.89. The number of alkyl halides is 3. The van der Waals surface area contributed by atoms with Gasteiger partial charge in [-0.25, -0.2) is 4.98 Å². The molecule has 14 heavy (non-hydrogen) atoms. The van der Waals surface area contributed by atoms with E-state index in [1.807, 2.05) is 0 Å². The number of hydrogen-bond donors (Lipinski definition) is 1. The first-order valence-corrected chi connectivity index (χ1v) is 4.23. The van der Waals surface area contributed by atoms with Crippen LogP contribution in [0.25, 0.3) is 0 Å². The standard InChI is InChI=1S/C8H12F3N3/c1-3-13-7(8(9,10)11)6-4-12-5-14(6)2/h4-5,7,13H,3H2,1-2H3. The minimum absolute atomic E-state index is 0.124. The van der Waals surface area contributed by atoms with Crippen molar-refractivity contribution < 1.29 is 13.2 Å². The molecule has 0 fully saturated rings. The zero-order chi connectivity index (χ0) is 10.8. The normalized spacial score (nSPS) is 14.4. The van der Waals surface area contributed by atoms with Crippen LogP contribution in [-0.2, 0) is 7.05 Å². The van der Waals surface area contributed by atoms with Gasteiger partial charge in [0.05, 0.1) is 18.2 Å². The predicted molar refractivity (Wildman–Crippen MR) is 45.7 cm³/mol. The monoisotopic (exact) mass is 207 g/mol. The molecule has 1 unspecified atom stereocenters. The SMILES string of the molecule is CCNC(c1cncn1C)C(F)(F)F. The third kappa shape index (κ3) is 2.25. The van der Waals surface area contributed by atoms with Crippen LogP contribution in [0.15, 0.2) is 12.5 Å². The fraction of sp³-hybridized carbons (Fsp3) is 0.625. The van der Waals surface area contributed by atoms with E-state index >= 15 is 0 Å². The number of halogens is 3. The largest absolute Gasteiger partial charge is 0.409 e. The van der Waals surface area contributed by atoms with E-state index in [1.165, 1.54) is 17.1 Å². The Hall–Kier alpha value is -1.04. The number of hydrogen-bond acceptors (Lipinski definition) is 2. The maximum atomic E-state index is 12.5. The van der Waals surface area contributed by atoms with Crippen molar-refractivity contribution >= 4 is 0 Å². The van der Waals surface area contributed by atoms with Gasteiger partial charge in [0, 0.05) is 7.05 Å². The van der Waals surface area contributed by atoms with E-state index in [0.717, 1.165) is 0 Å². The van der Waals surface area contributed by atoms with Gasteiger partial charge in [-0.3, -0.25) is 0 Å². The predicted octanol–water partition coefficient (Wildman–Crippen LogP) is 1.63. The molecule has 0 saturated heterocycles. The van der Waals surface area contributed by atoms with E-state index in [9.17, 15) is 13.2 Å². The van der Waals surface area contributed by atoms with Gasteiger partial charge in [-0.05, 0) is 6.54 Å². The molecule has 0 radical (unpaired) electrons. The van der Waals surface area contributed by atoms with Crippen LogP contribution < -0.4 is 5.32 Å². The molecule has 1 aromatic rings. The molecule has 80 valence electrons. The van der Waals surface area contributed by atoms with E-state index < -0.39 is 12.2 Å². The van der Waals surface area contributed by atoms with Gasteiger partial charge < -0.3 is 9.88 Å². The van der Waals surface area contributed by atoms with Crippen LogP contribution in [0.4, 0.5) is 13.2 Å². The molecule has 1 N–H and O–H groups in total. The van der Waals surface area contributed by atoms with Gasteiger partial charge in [0.15, 0.2) is 0 Å². The van der Waals surface area contributed by atoms with Crippen molar-refractivity contribution in [2.45, 2.75) is 19.1 Å². The van der Waals surface area contributed by atoms with Gasteiger partial charge in [0.25, 0.3) is 0 Å². The number of nitrogens with one attached hydrogen (secondary N) is 1. The Labute approximate surface area is 79.9 Å². The van der Waals surface area contributed by atoms with Crippen molar-refractivity contribution in [3.8, 4) is 0 Å². The third-order valence-electron chi connectivity index (χ3n) is 1.89. The molecule has 1 aromatic heterocycles. The highest BCUT2D eigenvalue weighted by atomic mass is 19.4. The highest BCUT2D eigenvalue weighted by Gasteiger charge is 2.41. The molecule has 0 aliphatic carbocycles. The molecule has 0 aromatic carbocycles. The van der Waals surface area contributed by atoms with Crippen molar-refractivity contribution in [2.24, 2.45) is 7.05 Å². The van der Waals surface area contributed by atoms with Crippen LogP contribution >= 0.6 is 0 Å². The van der Waals surface area contributed by atoms with Crippen molar-refractivity contribution in [3.05, 3.63) is 18.2 Å². The lowest BCUT2D eigenvalue weighted by molar-refractivity contribution is -0.158. The van der Waals surface area contributed by atoms with Crippen molar-refractivity contribution in [1.29, 1.82) is 0 Å². The molecule has 0 bridgehead atoms. The van der Waals surface area contributed by atoms with Crippen LogP contribution in [0.1, 0.15) is 18.7 Å². The van der Waals surface area contributed by atoms with Crippen LogP contribution in [0, 0.1) is 0 Å². The van der Waals surface area contributed by atoms with E-state index in [4.69, 9.17) is 0 Å². The fourth-order valence-corrected chi connectivity index (χ4v) is 1.24. The van der Waals surface area contributed by atoms with Crippen LogP contribution in [0.3, 0.4) is 0 Å². The van der Waals surface area contributed by atoms with Crippen molar-refractivity contribution in [3.63, 3.8) is 0 Å². The summed E-state index contributed by atoms with van der Waals surface area (Å²) in [6, 6.07) is -1.64. The molecule has 0 saturated carbocycles. The Morgan fingerprint density at radius 3 is 2.57 bits per heavy atom. The number of aryl methyl sites for hydroxylation is 1. The summed E-state index contributed by atoms with van der Waals surface area (Å²) in [5.74, 6) is 0. The molecule has 1 atom stereocenters. The number of rotatable bonds is 3. The molecule has 0 spiro atoms. The first-order chi connectivity index (χ1) is 6.46. The molecular weight excluding hydrogens is 195 g/mol. The summed E-state index contributed by atoms with van der Waals surface area (Å²) in [5, 5.41) is 2.38. The number of imidazole rings is 1. The lowest BCUT2D eigenvalue weighted by atomic mass is 10.2. The summed E-state index contributed by atoms with van der Waals surface area (Å²) >= 11 is 0. The topological polar surface area (TPSA) is 29.9 Å². The number of aromatic nitrogens is 2. The van der Waals surface area contributed by atoms with Crippen LogP contribution in [-0.4, -0.2) is 22.3 Å². The maximum absolute atomic E-state index is 12.5. The van der Waals surface area contributed by atoms with E-state index in [1.54, 1.807) is 14.0 Å². The highest BCUT2D eigenvalue weighted by Crippen LogP contribution is 2.31. The Morgan fingerprint density at radius 2 is 2.21 bits per heavy atom. The van der Waals surface area contributed by atoms with Gasteiger partial charge in [0.1, 0.15) is 6.04 Å². The summed E-state index contributed by atoms with van der Waals surface area (Å²) < 4.78 is 39.0. The third-order valence-corrected chi connectivity index (χ3v) is 1.89. The van der Waals surface area contributed by atoms with E-state index in [0.29, 0.717) is 0 Å². The Kier molecular flexibility index (Phi) is 3.15. The fourth-order valence-electron chi connectivity index (χ4n) is 1.24. The van der Waals surface area contributed by atoms with Gasteiger partial charge in [0.2, 0.25) is 0 Å². The summed E-state index contributed by atoms with van der Waals surface area (Å²) in [7, 11) is 1.54. The highest BCUT2D eigenvalue weighted by molar-refractivity contribution is 5.07. The maximum Gasteiger partial charge on any atom is 0.409 e. The molecule has 0 aliphatic heterocycles. The minimum atomic E-state index is -4.29. The van der Waals surface area contributed by atoms with Gasteiger partial charge in [-0.2, -0.15) is 13.2 Å². The molecule has 0 aliphatic rings. The zero-order valence-corrected chi connectivity index (χ0v) is 7.97.